The number of hydrogen-bond acceptors (Lipinski definition) is 3. The quantitative estimate of drug-likeness (QED) is 0.900. The van der Waals surface area contributed by atoms with Gasteiger partial charge in [0.2, 0.25) is 0 Å². The molecule has 0 saturated heterocycles. The number of aryl methyl sites for hydroxylation is 1. The van der Waals surface area contributed by atoms with Crippen molar-refractivity contribution in [3.63, 3.8) is 0 Å². The Bertz CT molecular complexity index is 570. The molecule has 0 fully saturated rings. The molecule has 0 amide bonds. The second-order valence-corrected chi connectivity index (χ2v) is 5.43. The maximum absolute atomic E-state index is 6.32. The van der Waals surface area contributed by atoms with Crippen molar-refractivity contribution < 1.29 is 0 Å². The Hall–Kier alpha value is -1.16. The Balaban J connectivity index is 2.41. The van der Waals surface area contributed by atoms with Crippen LogP contribution in [0.2, 0.25) is 10.0 Å². The van der Waals surface area contributed by atoms with Gasteiger partial charge in [0.05, 0.1) is 16.1 Å². The van der Waals surface area contributed by atoms with E-state index in [4.69, 9.17) is 23.2 Å². The van der Waals surface area contributed by atoms with Crippen molar-refractivity contribution in [2.24, 2.45) is 0 Å². The molecule has 0 aliphatic rings. The van der Waals surface area contributed by atoms with E-state index in [1.165, 1.54) is 0 Å². The molecule has 2 aromatic rings. The summed E-state index contributed by atoms with van der Waals surface area (Å²) in [5.74, 6) is 0.702. The largest absolute Gasteiger partial charge is 0.304 e. The summed E-state index contributed by atoms with van der Waals surface area (Å²) < 4.78 is 0. The van der Waals surface area contributed by atoms with Gasteiger partial charge in [0, 0.05) is 12.4 Å². The fraction of sp³-hybridized carbons (Fsp3) is 0.333. The molecule has 0 aliphatic heterocycles. The number of aromatic nitrogens is 2. The van der Waals surface area contributed by atoms with Gasteiger partial charge in [0.25, 0.3) is 0 Å². The van der Waals surface area contributed by atoms with E-state index in [1.54, 1.807) is 18.5 Å². The highest BCUT2D eigenvalue weighted by Crippen LogP contribution is 2.32. The number of hydrogen-bond donors (Lipinski definition) is 1. The molecule has 0 radical (unpaired) electrons. The SMILES string of the molecule is CCCNC(c1ncc(C)cn1)c1cccc(Cl)c1Cl. The van der Waals surface area contributed by atoms with E-state index in [0.717, 1.165) is 24.1 Å². The lowest BCUT2D eigenvalue weighted by Gasteiger charge is -2.19. The average Bonchev–Trinajstić information content (AvgIpc) is 2.45. The van der Waals surface area contributed by atoms with Crippen LogP contribution in [0.1, 0.15) is 36.3 Å². The minimum Gasteiger partial charge on any atom is -0.304 e. The van der Waals surface area contributed by atoms with E-state index in [-0.39, 0.29) is 6.04 Å². The molecule has 20 heavy (non-hydrogen) atoms. The van der Waals surface area contributed by atoms with Crippen molar-refractivity contribution >= 4 is 23.2 Å². The summed E-state index contributed by atoms with van der Waals surface area (Å²) in [6.45, 7) is 4.93. The summed E-state index contributed by atoms with van der Waals surface area (Å²) in [6.07, 6.45) is 4.63. The average molecular weight is 310 g/mol. The number of rotatable bonds is 5. The van der Waals surface area contributed by atoms with Gasteiger partial charge >= 0.3 is 0 Å². The minimum atomic E-state index is -0.151. The lowest BCUT2D eigenvalue weighted by atomic mass is 10.1. The topological polar surface area (TPSA) is 37.8 Å². The molecule has 1 atom stereocenters. The summed E-state index contributed by atoms with van der Waals surface area (Å²) in [4.78, 5) is 8.81. The summed E-state index contributed by atoms with van der Waals surface area (Å²) in [5.41, 5.74) is 1.93. The molecule has 1 unspecified atom stereocenters. The van der Waals surface area contributed by atoms with Crippen LogP contribution >= 0.6 is 23.2 Å². The van der Waals surface area contributed by atoms with Crippen molar-refractivity contribution in [1.82, 2.24) is 15.3 Å². The lowest BCUT2D eigenvalue weighted by molar-refractivity contribution is 0.571. The van der Waals surface area contributed by atoms with Gasteiger partial charge in [0.15, 0.2) is 0 Å². The molecule has 0 spiro atoms. The maximum atomic E-state index is 6.32. The number of nitrogens with zero attached hydrogens (tertiary/aromatic N) is 2. The fourth-order valence-corrected chi connectivity index (χ4v) is 2.34. The van der Waals surface area contributed by atoms with Gasteiger partial charge in [0.1, 0.15) is 5.82 Å². The molecule has 1 N–H and O–H groups in total. The summed E-state index contributed by atoms with van der Waals surface area (Å²) >= 11 is 12.4. The molecule has 0 saturated carbocycles. The second-order valence-electron chi connectivity index (χ2n) is 4.65. The molecule has 2 rings (SSSR count). The number of nitrogens with one attached hydrogen (secondary N) is 1. The number of benzene rings is 1. The van der Waals surface area contributed by atoms with E-state index in [1.807, 2.05) is 19.1 Å². The zero-order valence-electron chi connectivity index (χ0n) is 11.5. The van der Waals surface area contributed by atoms with Crippen molar-refractivity contribution in [3.05, 3.63) is 57.6 Å². The van der Waals surface area contributed by atoms with E-state index in [0.29, 0.717) is 15.9 Å². The molecule has 5 heteroatoms. The van der Waals surface area contributed by atoms with Crippen LogP contribution in [-0.2, 0) is 0 Å². The van der Waals surface area contributed by atoms with Crippen molar-refractivity contribution in [2.75, 3.05) is 6.54 Å². The molecule has 3 nitrogen and oxygen atoms in total. The highest BCUT2D eigenvalue weighted by molar-refractivity contribution is 6.42. The third kappa shape index (κ3) is 3.48. The third-order valence-electron chi connectivity index (χ3n) is 2.95. The summed E-state index contributed by atoms with van der Waals surface area (Å²) in [7, 11) is 0. The molecule has 0 bridgehead atoms. The first kappa shape index (κ1) is 15.2. The van der Waals surface area contributed by atoms with Crippen molar-refractivity contribution in [3.8, 4) is 0 Å². The second kappa shape index (κ2) is 7.02. The maximum Gasteiger partial charge on any atom is 0.149 e. The molecule has 1 aromatic heterocycles. The first-order valence-electron chi connectivity index (χ1n) is 6.59. The van der Waals surface area contributed by atoms with E-state index in [9.17, 15) is 0 Å². The third-order valence-corrected chi connectivity index (χ3v) is 3.78. The highest BCUT2D eigenvalue weighted by atomic mass is 35.5. The van der Waals surface area contributed by atoms with Crippen LogP contribution in [0, 0.1) is 6.92 Å². The Morgan fingerprint density at radius 1 is 1.20 bits per heavy atom. The van der Waals surface area contributed by atoms with E-state index < -0.39 is 0 Å². The predicted octanol–water partition coefficient (Wildman–Crippen LogP) is 4.18. The monoisotopic (exact) mass is 309 g/mol. The van der Waals surface area contributed by atoms with Crippen LogP contribution in [0.25, 0.3) is 0 Å². The van der Waals surface area contributed by atoms with Gasteiger partial charge in [-0.15, -0.1) is 0 Å². The Morgan fingerprint density at radius 2 is 1.90 bits per heavy atom. The van der Waals surface area contributed by atoms with E-state index in [2.05, 4.69) is 22.2 Å². The Kier molecular flexibility index (Phi) is 5.35. The smallest absolute Gasteiger partial charge is 0.149 e. The fourth-order valence-electron chi connectivity index (χ4n) is 1.92. The molecule has 1 aromatic carbocycles. The van der Waals surface area contributed by atoms with Gasteiger partial charge in [-0.2, -0.15) is 0 Å². The Morgan fingerprint density at radius 3 is 2.55 bits per heavy atom. The van der Waals surface area contributed by atoms with Crippen LogP contribution < -0.4 is 5.32 Å². The van der Waals surface area contributed by atoms with Crippen LogP contribution in [0.4, 0.5) is 0 Å². The minimum absolute atomic E-state index is 0.151. The molecular weight excluding hydrogens is 293 g/mol. The molecule has 106 valence electrons. The summed E-state index contributed by atoms with van der Waals surface area (Å²) in [6, 6.07) is 5.46. The van der Waals surface area contributed by atoms with Gasteiger partial charge < -0.3 is 5.32 Å². The number of halogens is 2. The predicted molar refractivity (Wildman–Crippen MR) is 83.4 cm³/mol. The highest BCUT2D eigenvalue weighted by Gasteiger charge is 2.20. The molecular formula is C15H17Cl2N3. The molecule has 1 heterocycles. The summed E-state index contributed by atoms with van der Waals surface area (Å²) in [5, 5.41) is 4.51. The molecule has 0 aliphatic carbocycles. The normalized spacial score (nSPS) is 12.4. The van der Waals surface area contributed by atoms with Gasteiger partial charge in [-0.1, -0.05) is 42.3 Å². The van der Waals surface area contributed by atoms with Crippen LogP contribution in [-0.4, -0.2) is 16.5 Å². The van der Waals surface area contributed by atoms with Gasteiger partial charge in [-0.05, 0) is 37.1 Å². The van der Waals surface area contributed by atoms with Crippen molar-refractivity contribution in [1.29, 1.82) is 0 Å². The zero-order valence-corrected chi connectivity index (χ0v) is 13.0. The van der Waals surface area contributed by atoms with Crippen LogP contribution in [0.3, 0.4) is 0 Å². The van der Waals surface area contributed by atoms with Gasteiger partial charge in [-0.25, -0.2) is 9.97 Å². The van der Waals surface area contributed by atoms with Crippen molar-refractivity contribution in [2.45, 2.75) is 26.3 Å². The van der Waals surface area contributed by atoms with Crippen LogP contribution in [0.15, 0.2) is 30.6 Å². The first-order valence-corrected chi connectivity index (χ1v) is 7.35. The van der Waals surface area contributed by atoms with Gasteiger partial charge in [-0.3, -0.25) is 0 Å². The standard InChI is InChI=1S/C15H17Cl2N3/c1-3-7-18-14(15-19-8-10(2)9-20-15)11-5-4-6-12(16)13(11)17/h4-6,8-9,14,18H,3,7H2,1-2H3. The Labute approximate surface area is 129 Å². The first-order chi connectivity index (χ1) is 9.63. The van der Waals surface area contributed by atoms with E-state index >= 15 is 0 Å². The lowest BCUT2D eigenvalue weighted by Crippen LogP contribution is -2.25. The van der Waals surface area contributed by atoms with Crippen LogP contribution in [0.5, 0.6) is 0 Å². The zero-order chi connectivity index (χ0) is 14.5.